The maximum Gasteiger partial charge on any atom is 0.389 e. The molecule has 0 aliphatic heterocycles. The van der Waals surface area contributed by atoms with Crippen LogP contribution in [-0.4, -0.2) is 10.7 Å². The van der Waals surface area contributed by atoms with Crippen LogP contribution < -0.4 is 5.56 Å². The van der Waals surface area contributed by atoms with Gasteiger partial charge in [0.15, 0.2) is 0 Å². The molecule has 0 radical (unpaired) electrons. The number of nitrogens with zero attached hydrogens (tertiary/aromatic N) is 1. The zero-order valence-electron chi connectivity index (χ0n) is 8.64. The minimum Gasteiger partial charge on any atom is -0.314 e. The van der Waals surface area contributed by atoms with Crippen molar-refractivity contribution in [3.05, 3.63) is 31.8 Å². The highest BCUT2D eigenvalue weighted by Gasteiger charge is 2.26. The van der Waals surface area contributed by atoms with Gasteiger partial charge in [-0.1, -0.05) is 0 Å². The third-order valence-corrected chi connectivity index (χ3v) is 3.26. The third-order valence-electron chi connectivity index (χ3n) is 2.13. The lowest BCUT2D eigenvalue weighted by Crippen LogP contribution is -2.21. The van der Waals surface area contributed by atoms with E-state index >= 15 is 0 Å². The summed E-state index contributed by atoms with van der Waals surface area (Å²) in [6, 6.07) is 1.44. The van der Waals surface area contributed by atoms with Gasteiger partial charge in [0.25, 0.3) is 5.56 Å². The number of aryl methyl sites for hydroxylation is 2. The first kappa shape index (κ1) is 13.5. The molecule has 0 atom stereocenters. The van der Waals surface area contributed by atoms with E-state index in [1.807, 2.05) is 0 Å². The first-order valence-corrected chi connectivity index (χ1v) is 5.81. The SMILES string of the molecule is Cc1cc(=O)n(CCCC(F)(F)F)cc1I. The average molecular weight is 345 g/mol. The molecule has 0 fully saturated rings. The van der Waals surface area contributed by atoms with Crippen molar-refractivity contribution in [1.29, 1.82) is 0 Å². The van der Waals surface area contributed by atoms with Crippen LogP contribution in [0, 0.1) is 10.5 Å². The van der Waals surface area contributed by atoms with Crippen molar-refractivity contribution < 1.29 is 13.2 Å². The molecule has 1 heterocycles. The summed E-state index contributed by atoms with van der Waals surface area (Å²) < 4.78 is 37.9. The van der Waals surface area contributed by atoms with Gasteiger partial charge in [-0.25, -0.2) is 0 Å². The van der Waals surface area contributed by atoms with Crippen molar-refractivity contribution >= 4 is 22.6 Å². The van der Waals surface area contributed by atoms with E-state index in [2.05, 4.69) is 22.6 Å². The van der Waals surface area contributed by atoms with E-state index in [0.29, 0.717) is 0 Å². The number of alkyl halides is 3. The van der Waals surface area contributed by atoms with Crippen molar-refractivity contribution in [2.75, 3.05) is 0 Å². The monoisotopic (exact) mass is 345 g/mol. The smallest absolute Gasteiger partial charge is 0.314 e. The Hall–Kier alpha value is -0.530. The largest absolute Gasteiger partial charge is 0.389 e. The summed E-state index contributed by atoms with van der Waals surface area (Å²) in [5.74, 6) is 0. The van der Waals surface area contributed by atoms with E-state index in [9.17, 15) is 18.0 Å². The highest BCUT2D eigenvalue weighted by atomic mass is 127. The second-order valence-electron chi connectivity index (χ2n) is 3.55. The minimum atomic E-state index is -4.15. The molecule has 16 heavy (non-hydrogen) atoms. The maximum absolute atomic E-state index is 11.9. The number of hydrogen-bond donors (Lipinski definition) is 0. The van der Waals surface area contributed by atoms with Gasteiger partial charge in [-0.2, -0.15) is 13.2 Å². The molecule has 90 valence electrons. The van der Waals surface area contributed by atoms with Gasteiger partial charge in [-0.3, -0.25) is 4.79 Å². The molecule has 1 aromatic rings. The average Bonchev–Trinajstić information content (AvgIpc) is 2.11. The Morgan fingerprint density at radius 2 is 2.06 bits per heavy atom. The zero-order chi connectivity index (χ0) is 12.3. The summed E-state index contributed by atoms with van der Waals surface area (Å²) in [5.41, 5.74) is 0.595. The predicted octanol–water partition coefficient (Wildman–Crippen LogP) is 3.10. The zero-order valence-corrected chi connectivity index (χ0v) is 10.8. The summed E-state index contributed by atoms with van der Waals surface area (Å²) in [7, 11) is 0. The van der Waals surface area contributed by atoms with Crippen LogP contribution in [0.1, 0.15) is 18.4 Å². The van der Waals surface area contributed by atoms with Crippen LogP contribution in [0.5, 0.6) is 0 Å². The fourth-order valence-electron chi connectivity index (χ4n) is 1.26. The van der Waals surface area contributed by atoms with Crippen molar-refractivity contribution in [2.24, 2.45) is 0 Å². The highest BCUT2D eigenvalue weighted by Crippen LogP contribution is 2.21. The summed E-state index contributed by atoms with van der Waals surface area (Å²) in [6.45, 7) is 1.90. The minimum absolute atomic E-state index is 0.0669. The molecule has 0 bridgehead atoms. The highest BCUT2D eigenvalue weighted by molar-refractivity contribution is 14.1. The summed E-state index contributed by atoms with van der Waals surface area (Å²) in [5, 5.41) is 0. The topological polar surface area (TPSA) is 22.0 Å². The molecule has 0 saturated carbocycles. The molecule has 0 unspecified atom stereocenters. The van der Waals surface area contributed by atoms with Gasteiger partial charge < -0.3 is 4.57 Å². The van der Waals surface area contributed by atoms with Gasteiger partial charge >= 0.3 is 6.18 Å². The molecule has 0 amide bonds. The van der Waals surface area contributed by atoms with E-state index in [1.165, 1.54) is 10.6 Å². The quantitative estimate of drug-likeness (QED) is 0.772. The Morgan fingerprint density at radius 1 is 1.44 bits per heavy atom. The third kappa shape index (κ3) is 4.15. The molecular formula is C10H11F3INO. The van der Waals surface area contributed by atoms with Crippen molar-refractivity contribution in [3.8, 4) is 0 Å². The summed E-state index contributed by atoms with van der Waals surface area (Å²) in [4.78, 5) is 11.4. The Morgan fingerprint density at radius 3 is 2.62 bits per heavy atom. The van der Waals surface area contributed by atoms with Crippen molar-refractivity contribution in [1.82, 2.24) is 4.57 Å². The second-order valence-corrected chi connectivity index (χ2v) is 4.72. The van der Waals surface area contributed by atoms with E-state index in [4.69, 9.17) is 0 Å². The Kier molecular flexibility index (Phi) is 4.40. The Bertz CT molecular complexity index is 425. The fraction of sp³-hybridized carbons (Fsp3) is 0.500. The van der Waals surface area contributed by atoms with Gasteiger partial charge in [0.05, 0.1) is 0 Å². The molecule has 1 rings (SSSR count). The van der Waals surface area contributed by atoms with Crippen LogP contribution in [0.4, 0.5) is 13.2 Å². The van der Waals surface area contributed by atoms with Crippen LogP contribution in [0.25, 0.3) is 0 Å². The normalized spacial score (nSPS) is 11.8. The van der Waals surface area contributed by atoms with Crippen LogP contribution in [0.3, 0.4) is 0 Å². The molecule has 0 spiro atoms. The Balaban J connectivity index is 2.68. The molecule has 0 aliphatic rings. The predicted molar refractivity (Wildman–Crippen MR) is 63.4 cm³/mol. The van der Waals surface area contributed by atoms with E-state index < -0.39 is 12.6 Å². The molecule has 6 heteroatoms. The number of aromatic nitrogens is 1. The first-order valence-electron chi connectivity index (χ1n) is 4.73. The van der Waals surface area contributed by atoms with Crippen molar-refractivity contribution in [3.63, 3.8) is 0 Å². The number of halogens is 4. The fourth-order valence-corrected chi connectivity index (χ4v) is 1.76. The molecular weight excluding hydrogens is 334 g/mol. The van der Waals surface area contributed by atoms with Crippen LogP contribution in [-0.2, 0) is 6.54 Å². The van der Waals surface area contributed by atoms with Gasteiger partial charge in [0, 0.05) is 28.8 Å². The number of rotatable bonds is 3. The van der Waals surface area contributed by atoms with Crippen molar-refractivity contribution in [2.45, 2.75) is 32.5 Å². The van der Waals surface area contributed by atoms with Gasteiger partial charge in [0.2, 0.25) is 0 Å². The molecule has 0 aromatic carbocycles. The lowest BCUT2D eigenvalue weighted by atomic mass is 10.2. The van der Waals surface area contributed by atoms with Crippen LogP contribution >= 0.6 is 22.6 Å². The lowest BCUT2D eigenvalue weighted by Gasteiger charge is -2.09. The van der Waals surface area contributed by atoms with E-state index in [1.54, 1.807) is 13.1 Å². The first-order chi connectivity index (χ1) is 7.29. The standard InChI is InChI=1S/C10H11F3INO/c1-7-5-9(16)15(6-8(7)14)4-2-3-10(11,12)13/h5-6H,2-4H2,1H3. The molecule has 0 saturated heterocycles. The summed E-state index contributed by atoms with van der Waals surface area (Å²) in [6.07, 6.45) is -3.48. The van der Waals surface area contributed by atoms with Crippen LogP contribution in [0.15, 0.2) is 17.1 Å². The Labute approximate surface area is 105 Å². The van der Waals surface area contributed by atoms with Gasteiger partial charge in [-0.05, 0) is 41.5 Å². The molecule has 2 nitrogen and oxygen atoms in total. The van der Waals surface area contributed by atoms with E-state index in [-0.39, 0.29) is 18.5 Å². The van der Waals surface area contributed by atoms with Gasteiger partial charge in [-0.15, -0.1) is 0 Å². The molecule has 0 N–H and O–H groups in total. The van der Waals surface area contributed by atoms with Gasteiger partial charge in [0.1, 0.15) is 0 Å². The second kappa shape index (κ2) is 5.20. The summed E-state index contributed by atoms with van der Waals surface area (Å²) >= 11 is 2.05. The number of pyridine rings is 1. The lowest BCUT2D eigenvalue weighted by molar-refractivity contribution is -0.135. The van der Waals surface area contributed by atoms with E-state index in [0.717, 1.165) is 9.13 Å². The molecule has 0 aliphatic carbocycles. The molecule has 1 aromatic heterocycles. The van der Waals surface area contributed by atoms with Crippen LogP contribution in [0.2, 0.25) is 0 Å². The number of hydrogen-bond acceptors (Lipinski definition) is 1. The maximum atomic E-state index is 11.9.